The number of nitrogens with one attached hydrogen (secondary N) is 1. The Morgan fingerprint density at radius 2 is 2.03 bits per heavy atom. The summed E-state index contributed by atoms with van der Waals surface area (Å²) < 4.78 is 40.3. The van der Waals surface area contributed by atoms with Crippen LogP contribution in [0, 0.1) is 6.92 Å². The fourth-order valence-electron chi connectivity index (χ4n) is 2.91. The van der Waals surface area contributed by atoms with Crippen molar-refractivity contribution in [3.63, 3.8) is 0 Å². The predicted molar refractivity (Wildman–Crippen MR) is 110 cm³/mol. The van der Waals surface area contributed by atoms with E-state index in [0.717, 1.165) is 12.1 Å². The number of alkyl halides is 3. The molecule has 0 saturated heterocycles. The van der Waals surface area contributed by atoms with Crippen LogP contribution in [-0.2, 0) is 12.6 Å². The highest BCUT2D eigenvalue weighted by Crippen LogP contribution is 2.31. The summed E-state index contributed by atoms with van der Waals surface area (Å²) in [6, 6.07) is 10.2. The minimum absolute atomic E-state index is 0.241. The third-order valence-electron chi connectivity index (χ3n) is 4.43. The molecule has 0 saturated carbocycles. The van der Waals surface area contributed by atoms with Crippen molar-refractivity contribution in [2.45, 2.75) is 19.5 Å². The molecular weight excluding hydrogens is 427 g/mol. The number of rotatable bonds is 5. The zero-order chi connectivity index (χ0) is 22.0. The van der Waals surface area contributed by atoms with Crippen molar-refractivity contribution in [1.82, 2.24) is 19.7 Å². The van der Waals surface area contributed by atoms with Crippen LogP contribution in [0.15, 0.2) is 61.1 Å². The van der Waals surface area contributed by atoms with Crippen LogP contribution in [0.4, 0.5) is 18.2 Å². The standard InChI is InChI=1S/C21H16F3N5OS/c1-13-20(28-19(30)15-6-7-17(25-12-15)29-9-3-8-26-29)31-18(27-13)11-14-4-2-5-16(10-14)21(22,23)24/h2-10,12H,11H2,1H3,(H,28,30). The van der Waals surface area contributed by atoms with Crippen LogP contribution >= 0.6 is 11.3 Å². The number of carbonyl (C=O) groups is 1. The molecule has 0 aliphatic rings. The molecule has 4 aromatic rings. The van der Waals surface area contributed by atoms with Gasteiger partial charge < -0.3 is 5.32 Å². The lowest BCUT2D eigenvalue weighted by atomic mass is 10.1. The first-order valence-corrected chi connectivity index (χ1v) is 10.0. The Hall–Kier alpha value is -3.53. The number of anilines is 1. The van der Waals surface area contributed by atoms with E-state index >= 15 is 0 Å². The maximum atomic E-state index is 12.9. The van der Waals surface area contributed by atoms with Gasteiger partial charge in [0.1, 0.15) is 5.00 Å². The summed E-state index contributed by atoms with van der Waals surface area (Å²) in [6.45, 7) is 1.74. The minimum Gasteiger partial charge on any atom is -0.312 e. The molecule has 1 amide bonds. The molecule has 6 nitrogen and oxygen atoms in total. The Bertz CT molecular complexity index is 1200. The molecule has 158 valence electrons. The molecule has 0 aliphatic carbocycles. The molecule has 0 spiro atoms. The van der Waals surface area contributed by atoms with Gasteiger partial charge in [-0.2, -0.15) is 18.3 Å². The van der Waals surface area contributed by atoms with Gasteiger partial charge in [-0.3, -0.25) is 4.79 Å². The van der Waals surface area contributed by atoms with Gasteiger partial charge in [-0.15, -0.1) is 11.3 Å². The minimum atomic E-state index is -4.39. The van der Waals surface area contributed by atoms with Gasteiger partial charge in [-0.25, -0.2) is 14.6 Å². The van der Waals surface area contributed by atoms with Crippen molar-refractivity contribution >= 4 is 22.2 Å². The zero-order valence-corrected chi connectivity index (χ0v) is 17.0. The molecule has 3 aromatic heterocycles. The summed E-state index contributed by atoms with van der Waals surface area (Å²) in [5.41, 5.74) is 0.766. The lowest BCUT2D eigenvalue weighted by Crippen LogP contribution is -2.12. The summed E-state index contributed by atoms with van der Waals surface area (Å²) >= 11 is 1.23. The van der Waals surface area contributed by atoms with Crippen molar-refractivity contribution in [3.8, 4) is 5.82 Å². The van der Waals surface area contributed by atoms with E-state index in [0.29, 0.717) is 32.6 Å². The second-order valence-electron chi connectivity index (χ2n) is 6.71. The molecular formula is C21H16F3N5OS. The second-order valence-corrected chi connectivity index (χ2v) is 7.79. The van der Waals surface area contributed by atoms with E-state index in [4.69, 9.17) is 0 Å². The number of pyridine rings is 1. The highest BCUT2D eigenvalue weighted by Gasteiger charge is 2.30. The number of nitrogens with zero attached hydrogens (tertiary/aromatic N) is 4. The Morgan fingerprint density at radius 1 is 1.19 bits per heavy atom. The molecule has 0 atom stereocenters. The Labute approximate surface area is 179 Å². The highest BCUT2D eigenvalue weighted by molar-refractivity contribution is 7.16. The second kappa shape index (κ2) is 8.31. The summed E-state index contributed by atoms with van der Waals surface area (Å²) in [5.74, 6) is 0.232. The smallest absolute Gasteiger partial charge is 0.312 e. The maximum absolute atomic E-state index is 12.9. The van der Waals surface area contributed by atoms with E-state index in [1.54, 1.807) is 48.3 Å². The molecule has 0 fully saturated rings. The molecule has 10 heteroatoms. The van der Waals surface area contributed by atoms with E-state index in [1.807, 2.05) is 0 Å². The topological polar surface area (TPSA) is 72.7 Å². The number of amides is 1. The lowest BCUT2D eigenvalue weighted by molar-refractivity contribution is -0.137. The van der Waals surface area contributed by atoms with Gasteiger partial charge in [-0.1, -0.05) is 18.2 Å². The van der Waals surface area contributed by atoms with Crippen molar-refractivity contribution < 1.29 is 18.0 Å². The van der Waals surface area contributed by atoms with Gasteiger partial charge in [-0.05, 0) is 36.8 Å². The number of thiazole rings is 1. The average Bonchev–Trinajstić information content (AvgIpc) is 3.38. The third-order valence-corrected chi connectivity index (χ3v) is 5.50. The Kier molecular flexibility index (Phi) is 5.55. The highest BCUT2D eigenvalue weighted by atomic mass is 32.1. The molecule has 0 aliphatic heterocycles. The van der Waals surface area contributed by atoms with Crippen molar-refractivity contribution in [1.29, 1.82) is 0 Å². The Morgan fingerprint density at radius 3 is 2.71 bits per heavy atom. The van der Waals surface area contributed by atoms with Gasteiger partial charge in [0.25, 0.3) is 5.91 Å². The summed E-state index contributed by atoms with van der Waals surface area (Å²) in [7, 11) is 0. The normalized spacial score (nSPS) is 11.5. The van der Waals surface area contributed by atoms with Gasteiger partial charge >= 0.3 is 6.18 Å². The van der Waals surface area contributed by atoms with Crippen LogP contribution in [0.1, 0.15) is 32.2 Å². The van der Waals surface area contributed by atoms with Crippen molar-refractivity contribution in [3.05, 3.63) is 88.4 Å². The summed E-state index contributed by atoms with van der Waals surface area (Å²) in [4.78, 5) is 21.2. The first kappa shape index (κ1) is 20.7. The third kappa shape index (κ3) is 4.80. The Balaban J connectivity index is 1.46. The molecule has 0 bridgehead atoms. The van der Waals surface area contributed by atoms with Gasteiger partial charge in [0.15, 0.2) is 5.82 Å². The first-order chi connectivity index (χ1) is 14.8. The van der Waals surface area contributed by atoms with E-state index in [2.05, 4.69) is 20.4 Å². The van der Waals surface area contributed by atoms with E-state index in [9.17, 15) is 18.0 Å². The molecule has 1 aromatic carbocycles. The van der Waals surface area contributed by atoms with Crippen molar-refractivity contribution in [2.24, 2.45) is 0 Å². The van der Waals surface area contributed by atoms with E-state index in [1.165, 1.54) is 23.6 Å². The lowest BCUT2D eigenvalue weighted by Gasteiger charge is -2.07. The predicted octanol–water partition coefficient (Wildman–Crippen LogP) is 4.89. The summed E-state index contributed by atoms with van der Waals surface area (Å²) in [5, 5.41) is 8.03. The van der Waals surface area contributed by atoms with Crippen LogP contribution in [0.25, 0.3) is 5.82 Å². The zero-order valence-electron chi connectivity index (χ0n) is 16.2. The van der Waals surface area contributed by atoms with Gasteiger partial charge in [0.2, 0.25) is 0 Å². The monoisotopic (exact) mass is 443 g/mol. The molecule has 4 rings (SSSR count). The molecule has 3 heterocycles. The van der Waals surface area contributed by atoms with Crippen LogP contribution in [0.2, 0.25) is 0 Å². The molecule has 31 heavy (non-hydrogen) atoms. The van der Waals surface area contributed by atoms with Gasteiger partial charge in [0, 0.05) is 25.0 Å². The summed E-state index contributed by atoms with van der Waals surface area (Å²) in [6.07, 6.45) is 0.674. The SMILES string of the molecule is Cc1nc(Cc2cccc(C(F)(F)F)c2)sc1NC(=O)c1ccc(-n2cccn2)nc1. The number of halogens is 3. The van der Waals surface area contributed by atoms with Crippen LogP contribution in [0.3, 0.4) is 0 Å². The van der Waals surface area contributed by atoms with E-state index in [-0.39, 0.29) is 12.3 Å². The maximum Gasteiger partial charge on any atom is 0.416 e. The quantitative estimate of drug-likeness (QED) is 0.477. The number of hydrogen-bond acceptors (Lipinski definition) is 5. The fourth-order valence-corrected chi connectivity index (χ4v) is 3.91. The number of carbonyl (C=O) groups excluding carboxylic acids is 1. The van der Waals surface area contributed by atoms with Gasteiger partial charge in [0.05, 0.1) is 21.8 Å². The van der Waals surface area contributed by atoms with Crippen LogP contribution in [0.5, 0.6) is 0 Å². The number of benzene rings is 1. The average molecular weight is 443 g/mol. The molecule has 0 unspecified atom stereocenters. The molecule has 1 N–H and O–H groups in total. The van der Waals surface area contributed by atoms with E-state index < -0.39 is 11.7 Å². The number of aryl methyl sites for hydroxylation is 1. The van der Waals surface area contributed by atoms with Crippen LogP contribution in [-0.4, -0.2) is 25.7 Å². The first-order valence-electron chi connectivity index (χ1n) is 9.19. The number of hydrogen-bond donors (Lipinski definition) is 1. The fraction of sp³-hybridized carbons (Fsp3) is 0.143. The van der Waals surface area contributed by atoms with Crippen molar-refractivity contribution in [2.75, 3.05) is 5.32 Å². The molecule has 0 radical (unpaired) electrons. The largest absolute Gasteiger partial charge is 0.416 e. The van der Waals surface area contributed by atoms with Crippen LogP contribution < -0.4 is 5.32 Å². The number of aromatic nitrogens is 4.